The van der Waals surface area contributed by atoms with Crippen LogP contribution < -0.4 is 11.1 Å². The molecule has 0 saturated carbocycles. The summed E-state index contributed by atoms with van der Waals surface area (Å²) >= 11 is 0. The molecule has 0 aliphatic carbocycles. The van der Waals surface area contributed by atoms with Crippen molar-refractivity contribution in [1.82, 2.24) is 5.32 Å². The van der Waals surface area contributed by atoms with Gasteiger partial charge in [0.15, 0.2) is 0 Å². The molecular weight excluding hydrogens is 216 g/mol. The van der Waals surface area contributed by atoms with Crippen molar-refractivity contribution >= 4 is 11.6 Å². The van der Waals surface area contributed by atoms with Gasteiger partial charge in [0.25, 0.3) is 0 Å². The number of hydrogen-bond acceptors (Lipinski definition) is 3. The molecule has 1 aromatic rings. The first-order valence-corrected chi connectivity index (χ1v) is 5.97. The summed E-state index contributed by atoms with van der Waals surface area (Å²) in [6.07, 6.45) is 2.73. The van der Waals surface area contributed by atoms with Crippen LogP contribution >= 0.6 is 0 Å². The quantitative estimate of drug-likeness (QED) is 0.767. The van der Waals surface area contributed by atoms with Crippen molar-refractivity contribution in [3.63, 3.8) is 0 Å². The van der Waals surface area contributed by atoms with Gasteiger partial charge in [0.2, 0.25) is 5.91 Å². The van der Waals surface area contributed by atoms with Crippen molar-refractivity contribution in [2.75, 3.05) is 18.9 Å². The first kappa shape index (κ1) is 11.9. The van der Waals surface area contributed by atoms with Gasteiger partial charge in [0.05, 0.1) is 12.5 Å². The topological polar surface area (TPSA) is 64.4 Å². The molecule has 17 heavy (non-hydrogen) atoms. The predicted octanol–water partition coefficient (Wildman–Crippen LogP) is 1.11. The van der Waals surface area contributed by atoms with E-state index in [1.165, 1.54) is 0 Å². The normalized spacial score (nSPS) is 19.2. The van der Waals surface area contributed by atoms with Gasteiger partial charge in [-0.05, 0) is 30.5 Å². The van der Waals surface area contributed by atoms with E-state index < -0.39 is 0 Å². The Bertz CT molecular complexity index is 370. The summed E-state index contributed by atoms with van der Waals surface area (Å²) in [5, 5.41) is 2.89. The Morgan fingerprint density at radius 3 is 2.82 bits per heavy atom. The summed E-state index contributed by atoms with van der Waals surface area (Å²) in [6.45, 7) is 1.44. The van der Waals surface area contributed by atoms with Gasteiger partial charge in [0.1, 0.15) is 0 Å². The second kappa shape index (κ2) is 5.68. The van der Waals surface area contributed by atoms with E-state index in [0.717, 1.165) is 25.0 Å². The fourth-order valence-corrected chi connectivity index (χ4v) is 1.92. The van der Waals surface area contributed by atoms with Crippen LogP contribution in [0.5, 0.6) is 0 Å². The molecule has 1 aromatic carbocycles. The van der Waals surface area contributed by atoms with Crippen LogP contribution in [0.4, 0.5) is 5.69 Å². The number of nitrogens with two attached hydrogens (primary N) is 1. The average Bonchev–Trinajstić information content (AvgIpc) is 2.83. The molecule has 0 bridgehead atoms. The maximum absolute atomic E-state index is 11.7. The number of nitrogen functional groups attached to an aromatic ring is 1. The van der Waals surface area contributed by atoms with Crippen LogP contribution in [0, 0.1) is 0 Å². The molecule has 3 N–H and O–H groups in total. The molecule has 0 radical (unpaired) electrons. The van der Waals surface area contributed by atoms with Crippen molar-refractivity contribution in [2.45, 2.75) is 25.4 Å². The summed E-state index contributed by atoms with van der Waals surface area (Å²) in [5.74, 6) is 0.0327. The Morgan fingerprint density at radius 1 is 1.41 bits per heavy atom. The van der Waals surface area contributed by atoms with Gasteiger partial charge in [-0.2, -0.15) is 0 Å². The van der Waals surface area contributed by atoms with E-state index in [0.29, 0.717) is 18.7 Å². The Hall–Kier alpha value is -1.55. The number of benzene rings is 1. The van der Waals surface area contributed by atoms with Gasteiger partial charge in [-0.15, -0.1) is 0 Å². The lowest BCUT2D eigenvalue weighted by Gasteiger charge is -2.10. The summed E-state index contributed by atoms with van der Waals surface area (Å²) in [4.78, 5) is 11.7. The molecule has 4 heteroatoms. The third-order valence-corrected chi connectivity index (χ3v) is 2.90. The van der Waals surface area contributed by atoms with Crippen molar-refractivity contribution in [1.29, 1.82) is 0 Å². The molecular formula is C13H18N2O2. The van der Waals surface area contributed by atoms with E-state index >= 15 is 0 Å². The number of hydrogen-bond donors (Lipinski definition) is 2. The van der Waals surface area contributed by atoms with Crippen molar-refractivity contribution < 1.29 is 9.53 Å². The van der Waals surface area contributed by atoms with E-state index in [1.807, 2.05) is 24.3 Å². The summed E-state index contributed by atoms with van der Waals surface area (Å²) in [7, 11) is 0. The molecule has 1 unspecified atom stereocenters. The number of amides is 1. The SMILES string of the molecule is Nc1ccc(CC(=O)NCC2CCCO2)cc1. The van der Waals surface area contributed by atoms with Crippen LogP contribution in [-0.2, 0) is 16.0 Å². The van der Waals surface area contributed by atoms with Crippen LogP contribution in [0.1, 0.15) is 18.4 Å². The molecule has 1 amide bonds. The summed E-state index contributed by atoms with van der Waals surface area (Å²) in [6, 6.07) is 7.37. The summed E-state index contributed by atoms with van der Waals surface area (Å²) in [5.41, 5.74) is 7.27. The Kier molecular flexibility index (Phi) is 3.98. The van der Waals surface area contributed by atoms with E-state index in [1.54, 1.807) is 0 Å². The molecule has 0 spiro atoms. The highest BCUT2D eigenvalue weighted by molar-refractivity contribution is 5.78. The average molecular weight is 234 g/mol. The Morgan fingerprint density at radius 2 is 2.18 bits per heavy atom. The molecule has 0 aromatic heterocycles. The van der Waals surface area contributed by atoms with E-state index in [9.17, 15) is 4.79 Å². The fraction of sp³-hybridized carbons (Fsp3) is 0.462. The van der Waals surface area contributed by atoms with Crippen LogP contribution in [-0.4, -0.2) is 25.2 Å². The molecule has 1 atom stereocenters. The van der Waals surface area contributed by atoms with E-state index in [4.69, 9.17) is 10.5 Å². The predicted molar refractivity (Wildman–Crippen MR) is 66.5 cm³/mol. The minimum absolute atomic E-state index is 0.0327. The minimum atomic E-state index is 0.0327. The van der Waals surface area contributed by atoms with Crippen molar-refractivity contribution in [2.24, 2.45) is 0 Å². The Labute approximate surface area is 101 Å². The van der Waals surface area contributed by atoms with Gasteiger partial charge >= 0.3 is 0 Å². The third-order valence-electron chi connectivity index (χ3n) is 2.90. The van der Waals surface area contributed by atoms with Gasteiger partial charge in [-0.25, -0.2) is 0 Å². The molecule has 1 heterocycles. The number of rotatable bonds is 4. The van der Waals surface area contributed by atoms with Gasteiger partial charge in [0, 0.05) is 18.8 Å². The van der Waals surface area contributed by atoms with Crippen LogP contribution in [0.15, 0.2) is 24.3 Å². The lowest BCUT2D eigenvalue weighted by molar-refractivity contribution is -0.120. The minimum Gasteiger partial charge on any atom is -0.399 e. The number of carbonyl (C=O) groups is 1. The first-order chi connectivity index (χ1) is 8.24. The first-order valence-electron chi connectivity index (χ1n) is 5.97. The highest BCUT2D eigenvalue weighted by Gasteiger charge is 2.15. The Balaban J connectivity index is 1.74. The maximum atomic E-state index is 11.7. The van der Waals surface area contributed by atoms with Gasteiger partial charge in [-0.3, -0.25) is 4.79 Å². The zero-order valence-corrected chi connectivity index (χ0v) is 9.82. The van der Waals surface area contributed by atoms with Crippen molar-refractivity contribution in [3.05, 3.63) is 29.8 Å². The van der Waals surface area contributed by atoms with Crippen LogP contribution in [0.25, 0.3) is 0 Å². The van der Waals surface area contributed by atoms with E-state index in [-0.39, 0.29) is 12.0 Å². The van der Waals surface area contributed by atoms with E-state index in [2.05, 4.69) is 5.32 Å². The van der Waals surface area contributed by atoms with Gasteiger partial charge < -0.3 is 15.8 Å². The molecule has 1 aliphatic rings. The highest BCUT2D eigenvalue weighted by atomic mass is 16.5. The zero-order valence-electron chi connectivity index (χ0n) is 9.82. The van der Waals surface area contributed by atoms with Crippen LogP contribution in [0.2, 0.25) is 0 Å². The second-order valence-corrected chi connectivity index (χ2v) is 4.36. The molecule has 1 saturated heterocycles. The fourth-order valence-electron chi connectivity index (χ4n) is 1.92. The van der Waals surface area contributed by atoms with Crippen LogP contribution in [0.3, 0.4) is 0 Å². The van der Waals surface area contributed by atoms with Crippen molar-refractivity contribution in [3.8, 4) is 0 Å². The molecule has 92 valence electrons. The third kappa shape index (κ3) is 3.75. The molecule has 1 aliphatic heterocycles. The molecule has 4 nitrogen and oxygen atoms in total. The monoisotopic (exact) mass is 234 g/mol. The lowest BCUT2D eigenvalue weighted by atomic mass is 10.1. The highest BCUT2D eigenvalue weighted by Crippen LogP contribution is 2.11. The summed E-state index contributed by atoms with van der Waals surface area (Å²) < 4.78 is 5.44. The molecule has 2 rings (SSSR count). The zero-order chi connectivity index (χ0) is 12.1. The smallest absolute Gasteiger partial charge is 0.224 e. The number of carbonyl (C=O) groups excluding carboxylic acids is 1. The number of nitrogens with one attached hydrogen (secondary N) is 1. The standard InChI is InChI=1S/C13H18N2O2/c14-11-5-3-10(4-6-11)8-13(16)15-9-12-2-1-7-17-12/h3-6,12H,1-2,7-9,14H2,(H,15,16). The number of ether oxygens (including phenoxy) is 1. The molecule has 1 fully saturated rings. The number of anilines is 1. The largest absolute Gasteiger partial charge is 0.399 e. The van der Waals surface area contributed by atoms with Gasteiger partial charge in [-0.1, -0.05) is 12.1 Å². The lowest BCUT2D eigenvalue weighted by Crippen LogP contribution is -2.32. The second-order valence-electron chi connectivity index (χ2n) is 4.36. The maximum Gasteiger partial charge on any atom is 0.224 e.